The van der Waals surface area contributed by atoms with E-state index in [0.717, 1.165) is 17.5 Å². The summed E-state index contributed by atoms with van der Waals surface area (Å²) in [6.07, 6.45) is 0.749. The lowest BCUT2D eigenvalue weighted by molar-refractivity contribution is -0.145. The Bertz CT molecular complexity index is 389. The Morgan fingerprint density at radius 2 is 2.21 bits per heavy atom. The van der Waals surface area contributed by atoms with Crippen molar-refractivity contribution in [3.63, 3.8) is 0 Å². The third-order valence-corrected chi connectivity index (χ3v) is 3.12. The first-order chi connectivity index (χ1) is 6.56. The summed E-state index contributed by atoms with van der Waals surface area (Å²) in [5.74, 6) is -0.979. The van der Waals surface area contributed by atoms with Gasteiger partial charge >= 0.3 is 5.97 Å². The van der Waals surface area contributed by atoms with Crippen LogP contribution in [0.25, 0.3) is 0 Å². The van der Waals surface area contributed by atoms with E-state index >= 15 is 0 Å². The minimum Gasteiger partial charge on any atom is -0.480 e. The molecule has 1 aromatic carbocycles. The maximum absolute atomic E-state index is 11.2. The van der Waals surface area contributed by atoms with E-state index in [9.17, 15) is 4.79 Å². The molecule has 3 heteroatoms. The van der Waals surface area contributed by atoms with E-state index in [1.165, 1.54) is 0 Å². The number of hydrogen-bond donors (Lipinski definition) is 2. The maximum atomic E-state index is 11.2. The number of nitrogens with two attached hydrogens (primary N) is 1. The number of aliphatic carboxylic acids is 1. The summed E-state index contributed by atoms with van der Waals surface area (Å²) in [5, 5.41) is 9.16. The van der Waals surface area contributed by atoms with Crippen LogP contribution < -0.4 is 5.73 Å². The van der Waals surface area contributed by atoms with Gasteiger partial charge in [-0.2, -0.15) is 0 Å². The standard InChI is InChI=1S/C11H13NO2/c1-7-6-8-4-2-3-5-9(8)11(7,12)10(13)14/h2-5,7H,6,12H2,1H3,(H,13,14). The third kappa shape index (κ3) is 0.990. The average molecular weight is 191 g/mol. The highest BCUT2D eigenvalue weighted by molar-refractivity contribution is 5.82. The zero-order chi connectivity index (χ0) is 10.3. The molecule has 2 atom stereocenters. The summed E-state index contributed by atoms with van der Waals surface area (Å²) in [5.41, 5.74) is 6.58. The molecule has 0 aromatic heterocycles. The molecule has 0 aliphatic heterocycles. The fraction of sp³-hybridized carbons (Fsp3) is 0.364. The van der Waals surface area contributed by atoms with Crippen LogP contribution >= 0.6 is 0 Å². The van der Waals surface area contributed by atoms with Crippen LogP contribution in [0.3, 0.4) is 0 Å². The zero-order valence-electron chi connectivity index (χ0n) is 8.03. The van der Waals surface area contributed by atoms with E-state index in [-0.39, 0.29) is 5.92 Å². The van der Waals surface area contributed by atoms with Crippen LogP contribution in [0.1, 0.15) is 18.1 Å². The minimum absolute atomic E-state index is 0.0441. The monoisotopic (exact) mass is 191 g/mol. The van der Waals surface area contributed by atoms with Crippen molar-refractivity contribution in [3.05, 3.63) is 35.4 Å². The van der Waals surface area contributed by atoms with Gasteiger partial charge < -0.3 is 10.8 Å². The van der Waals surface area contributed by atoms with E-state index in [2.05, 4.69) is 0 Å². The summed E-state index contributed by atoms with van der Waals surface area (Å²) in [7, 11) is 0. The van der Waals surface area contributed by atoms with E-state index in [0.29, 0.717) is 0 Å². The van der Waals surface area contributed by atoms with Crippen molar-refractivity contribution < 1.29 is 9.90 Å². The largest absolute Gasteiger partial charge is 0.480 e. The van der Waals surface area contributed by atoms with Crippen molar-refractivity contribution in [3.8, 4) is 0 Å². The lowest BCUT2D eigenvalue weighted by atomic mass is 9.86. The molecule has 0 saturated heterocycles. The second-order valence-electron chi connectivity index (χ2n) is 3.94. The lowest BCUT2D eigenvalue weighted by Gasteiger charge is -2.24. The Kier molecular flexibility index (Phi) is 1.86. The Morgan fingerprint density at radius 3 is 2.86 bits per heavy atom. The van der Waals surface area contributed by atoms with Gasteiger partial charge in [-0.25, -0.2) is 4.79 Å². The SMILES string of the molecule is CC1Cc2ccccc2C1(N)C(=O)O. The molecule has 14 heavy (non-hydrogen) atoms. The molecular formula is C11H13NO2. The number of hydrogen-bond acceptors (Lipinski definition) is 2. The van der Waals surface area contributed by atoms with Gasteiger partial charge in [0.1, 0.15) is 5.54 Å². The highest BCUT2D eigenvalue weighted by Crippen LogP contribution is 2.39. The van der Waals surface area contributed by atoms with Gasteiger partial charge in [-0.3, -0.25) is 0 Å². The molecule has 3 nitrogen and oxygen atoms in total. The molecular weight excluding hydrogens is 178 g/mol. The predicted octanol–water partition coefficient (Wildman–Crippen LogP) is 1.12. The summed E-state index contributed by atoms with van der Waals surface area (Å²) in [4.78, 5) is 11.2. The molecule has 1 aliphatic carbocycles. The number of carboxylic acid groups (broad SMARTS) is 1. The average Bonchev–Trinajstić information content (AvgIpc) is 2.41. The Morgan fingerprint density at radius 1 is 1.57 bits per heavy atom. The van der Waals surface area contributed by atoms with E-state index in [4.69, 9.17) is 10.8 Å². The molecule has 0 spiro atoms. The number of carbonyl (C=O) groups is 1. The lowest BCUT2D eigenvalue weighted by Crippen LogP contribution is -2.47. The Balaban J connectivity index is 2.60. The van der Waals surface area contributed by atoms with Crippen LogP contribution in [0.15, 0.2) is 24.3 Å². The van der Waals surface area contributed by atoms with E-state index in [1.54, 1.807) is 0 Å². The van der Waals surface area contributed by atoms with E-state index in [1.807, 2.05) is 31.2 Å². The molecule has 2 rings (SSSR count). The minimum atomic E-state index is -1.20. The third-order valence-electron chi connectivity index (χ3n) is 3.12. The second kappa shape index (κ2) is 2.82. The van der Waals surface area contributed by atoms with Gasteiger partial charge in [0.05, 0.1) is 0 Å². The summed E-state index contributed by atoms with van der Waals surface area (Å²) < 4.78 is 0. The van der Waals surface area contributed by atoms with Gasteiger partial charge in [0, 0.05) is 0 Å². The van der Waals surface area contributed by atoms with Crippen molar-refractivity contribution in [2.45, 2.75) is 18.9 Å². The van der Waals surface area contributed by atoms with Crippen molar-refractivity contribution in [2.75, 3.05) is 0 Å². The molecule has 0 bridgehead atoms. The summed E-state index contributed by atoms with van der Waals surface area (Å²) in [6.45, 7) is 1.88. The molecule has 0 amide bonds. The van der Waals surface area contributed by atoms with Crippen LogP contribution in [-0.2, 0) is 16.8 Å². The van der Waals surface area contributed by atoms with Crippen LogP contribution in [0.4, 0.5) is 0 Å². The van der Waals surface area contributed by atoms with Gasteiger partial charge in [0.15, 0.2) is 0 Å². The van der Waals surface area contributed by atoms with Crippen molar-refractivity contribution in [2.24, 2.45) is 11.7 Å². The highest BCUT2D eigenvalue weighted by Gasteiger charge is 2.47. The quantitative estimate of drug-likeness (QED) is 0.699. The Hall–Kier alpha value is -1.35. The first-order valence-corrected chi connectivity index (χ1v) is 4.67. The van der Waals surface area contributed by atoms with Crippen LogP contribution in [0.5, 0.6) is 0 Å². The van der Waals surface area contributed by atoms with Crippen LogP contribution in [0.2, 0.25) is 0 Å². The van der Waals surface area contributed by atoms with Crippen LogP contribution in [0, 0.1) is 5.92 Å². The first-order valence-electron chi connectivity index (χ1n) is 4.67. The second-order valence-corrected chi connectivity index (χ2v) is 3.94. The van der Waals surface area contributed by atoms with Crippen LogP contribution in [-0.4, -0.2) is 11.1 Å². The zero-order valence-corrected chi connectivity index (χ0v) is 8.03. The van der Waals surface area contributed by atoms with Crippen molar-refractivity contribution >= 4 is 5.97 Å². The number of rotatable bonds is 1. The Labute approximate surface area is 82.5 Å². The number of benzene rings is 1. The fourth-order valence-electron chi connectivity index (χ4n) is 2.18. The smallest absolute Gasteiger partial charge is 0.328 e. The van der Waals surface area contributed by atoms with Crippen molar-refractivity contribution in [1.82, 2.24) is 0 Å². The highest BCUT2D eigenvalue weighted by atomic mass is 16.4. The van der Waals surface area contributed by atoms with Crippen molar-refractivity contribution in [1.29, 1.82) is 0 Å². The van der Waals surface area contributed by atoms with Gasteiger partial charge in [-0.15, -0.1) is 0 Å². The summed E-state index contributed by atoms with van der Waals surface area (Å²) in [6, 6.07) is 7.51. The predicted molar refractivity (Wildman–Crippen MR) is 52.8 cm³/mol. The van der Waals surface area contributed by atoms with E-state index < -0.39 is 11.5 Å². The topological polar surface area (TPSA) is 63.3 Å². The maximum Gasteiger partial charge on any atom is 0.328 e. The molecule has 0 radical (unpaired) electrons. The molecule has 0 saturated carbocycles. The summed E-state index contributed by atoms with van der Waals surface area (Å²) >= 11 is 0. The molecule has 74 valence electrons. The molecule has 0 heterocycles. The molecule has 2 unspecified atom stereocenters. The molecule has 3 N–H and O–H groups in total. The molecule has 1 aliphatic rings. The normalized spacial score (nSPS) is 30.0. The number of carboxylic acids is 1. The van der Waals surface area contributed by atoms with Gasteiger partial charge in [0.2, 0.25) is 0 Å². The van der Waals surface area contributed by atoms with Gasteiger partial charge in [-0.1, -0.05) is 31.2 Å². The van der Waals surface area contributed by atoms with Gasteiger partial charge in [0.25, 0.3) is 0 Å². The molecule has 0 fully saturated rings. The first kappa shape index (κ1) is 9.21. The fourth-order valence-corrected chi connectivity index (χ4v) is 2.18. The number of fused-ring (bicyclic) bond motifs is 1. The van der Waals surface area contributed by atoms with Gasteiger partial charge in [-0.05, 0) is 23.5 Å². The molecule has 1 aromatic rings.